The average molecular weight is 356 g/mol. The Morgan fingerprint density at radius 2 is 1.47 bits per heavy atom. The minimum Gasteiger partial charge on any atom is -1.00 e. The van der Waals surface area contributed by atoms with E-state index < -0.39 is 8.96 Å². The van der Waals surface area contributed by atoms with Crippen molar-refractivity contribution in [2.24, 2.45) is 0 Å². The maximum Gasteiger partial charge on any atom is 4.00 e. The molecule has 0 spiro atoms. The molecular weight excluding hydrogens is 329 g/mol. The second-order valence-electron chi connectivity index (χ2n) is 5.79. The van der Waals surface area contributed by atoms with Crippen molar-refractivity contribution in [3.63, 3.8) is 0 Å². The summed E-state index contributed by atoms with van der Waals surface area (Å²) in [5.74, 6) is 0. The summed E-state index contributed by atoms with van der Waals surface area (Å²) in [6.07, 6.45) is 0. The third-order valence-corrected chi connectivity index (χ3v) is 3.45. The van der Waals surface area contributed by atoms with Crippen LogP contribution in [0.3, 0.4) is 0 Å². The van der Waals surface area contributed by atoms with Crippen molar-refractivity contribution in [3.05, 3.63) is 33.8 Å². The summed E-state index contributed by atoms with van der Waals surface area (Å²) in [5, 5.41) is 0. The van der Waals surface area contributed by atoms with Crippen molar-refractivity contribution >= 4 is 8.96 Å². The zero-order valence-corrected chi connectivity index (χ0v) is 17.7. The van der Waals surface area contributed by atoms with Gasteiger partial charge in [0.05, 0.1) is 0 Å². The van der Waals surface area contributed by atoms with Crippen molar-refractivity contribution in [1.29, 1.82) is 0 Å². The van der Waals surface area contributed by atoms with Gasteiger partial charge in [-0.25, -0.2) is 6.07 Å². The van der Waals surface area contributed by atoms with Crippen LogP contribution in [0.15, 0.2) is 12.1 Å². The molecule has 0 saturated carbocycles. The van der Waals surface area contributed by atoms with Gasteiger partial charge in [0, 0.05) is 0 Å². The Hall–Kier alpha value is 0.821. The van der Waals surface area contributed by atoms with E-state index in [0.717, 1.165) is 0 Å². The van der Waals surface area contributed by atoms with E-state index >= 15 is 0 Å². The number of halogens is 2. The van der Waals surface area contributed by atoms with E-state index in [2.05, 4.69) is 71.8 Å². The van der Waals surface area contributed by atoms with Gasteiger partial charge < -0.3 is 29.8 Å². The molecule has 0 heterocycles. The fourth-order valence-corrected chi connectivity index (χ4v) is 3.28. The predicted octanol–water partition coefficient (Wildman–Crippen LogP) is -1.52. The zero-order chi connectivity index (χ0) is 12.9. The Bertz CT molecular complexity index is 300. The van der Waals surface area contributed by atoms with Gasteiger partial charge in [0.1, 0.15) is 0 Å². The Morgan fingerprint density at radius 1 is 1.05 bits per heavy atom. The molecule has 0 aliphatic heterocycles. The monoisotopic (exact) mass is 355 g/mol. The SMILES string of the molecule is C[SiH](C)[N-]C(C)(C)C.Cc1cc(C)c(C)[cH-]1.[Cl-].[Cl-].[Ti+4]. The van der Waals surface area contributed by atoms with E-state index in [0.29, 0.717) is 0 Å². The first kappa shape index (κ1) is 28.1. The van der Waals surface area contributed by atoms with Crippen LogP contribution >= 0.6 is 0 Å². The van der Waals surface area contributed by atoms with E-state index in [4.69, 9.17) is 0 Å². The van der Waals surface area contributed by atoms with Crippen LogP contribution in [-0.2, 0) is 21.7 Å². The first-order chi connectivity index (χ1) is 7.11. The second-order valence-corrected chi connectivity index (χ2v) is 8.24. The van der Waals surface area contributed by atoms with Crippen LogP contribution in [0.4, 0.5) is 0 Å². The normalized spacial score (nSPS) is 9.53. The topological polar surface area (TPSA) is 14.1 Å². The number of rotatable bonds is 1. The van der Waals surface area contributed by atoms with E-state index in [1.165, 1.54) is 16.7 Å². The number of aryl methyl sites for hydroxylation is 3. The predicted molar refractivity (Wildman–Crippen MR) is 78.2 cm³/mol. The third-order valence-electron chi connectivity index (χ3n) is 2.16. The minimum atomic E-state index is -0.671. The number of nitrogens with zero attached hydrogens (tertiary/aromatic N) is 1. The smallest absolute Gasteiger partial charge is 1.00 e. The largest absolute Gasteiger partial charge is 4.00 e. The quantitative estimate of drug-likeness (QED) is 0.429. The molecule has 1 aromatic rings. The fourth-order valence-electron chi connectivity index (χ4n) is 1.73. The maximum atomic E-state index is 4.55. The molecule has 0 unspecified atom stereocenters. The van der Waals surface area contributed by atoms with E-state index in [1.54, 1.807) is 0 Å². The van der Waals surface area contributed by atoms with Crippen LogP contribution in [0, 0.1) is 20.8 Å². The van der Waals surface area contributed by atoms with Gasteiger partial charge in [-0.15, -0.1) is 5.54 Å². The van der Waals surface area contributed by atoms with E-state index in [-0.39, 0.29) is 52.1 Å². The van der Waals surface area contributed by atoms with Crippen LogP contribution in [0.2, 0.25) is 13.1 Å². The van der Waals surface area contributed by atoms with Gasteiger partial charge in [-0.05, 0) is 0 Å². The summed E-state index contributed by atoms with van der Waals surface area (Å²) < 4.78 is 0. The van der Waals surface area contributed by atoms with Crippen molar-refractivity contribution in [1.82, 2.24) is 0 Å². The molecule has 19 heavy (non-hydrogen) atoms. The third kappa shape index (κ3) is 16.8. The molecule has 5 heteroatoms. The molecular formula is C14H27Cl2NSiTi. The molecule has 1 aromatic carbocycles. The Labute approximate surface area is 149 Å². The molecule has 0 fully saturated rings. The molecule has 0 bridgehead atoms. The summed E-state index contributed by atoms with van der Waals surface area (Å²) in [4.78, 5) is 4.55. The Kier molecular flexibility index (Phi) is 18.5. The molecule has 0 aliphatic carbocycles. The number of hydrogen-bond acceptors (Lipinski definition) is 0. The Balaban J connectivity index is -0.000000102. The molecule has 0 aromatic heterocycles. The molecule has 110 valence electrons. The Morgan fingerprint density at radius 3 is 1.53 bits per heavy atom. The molecule has 0 radical (unpaired) electrons. The first-order valence-electron chi connectivity index (χ1n) is 6.04. The molecule has 0 amide bonds. The van der Waals surface area contributed by atoms with Crippen molar-refractivity contribution in [2.45, 2.75) is 60.2 Å². The van der Waals surface area contributed by atoms with Gasteiger partial charge in [-0.3, -0.25) is 0 Å². The average Bonchev–Trinajstić information content (AvgIpc) is 2.24. The maximum absolute atomic E-state index is 4.55. The molecule has 1 nitrogen and oxygen atoms in total. The van der Waals surface area contributed by atoms with Crippen LogP contribution in [0.1, 0.15) is 37.5 Å². The van der Waals surface area contributed by atoms with Gasteiger partial charge in [0.15, 0.2) is 0 Å². The fraction of sp³-hybridized carbons (Fsp3) is 0.643. The van der Waals surface area contributed by atoms with Gasteiger partial charge in [-0.1, -0.05) is 63.6 Å². The van der Waals surface area contributed by atoms with Gasteiger partial charge >= 0.3 is 21.7 Å². The summed E-state index contributed by atoms with van der Waals surface area (Å²) in [7, 11) is -0.671. The summed E-state index contributed by atoms with van der Waals surface area (Å²) in [6, 6.07) is 4.41. The van der Waals surface area contributed by atoms with Gasteiger partial charge in [0.2, 0.25) is 0 Å². The van der Waals surface area contributed by atoms with Crippen LogP contribution in [0.25, 0.3) is 4.98 Å². The van der Waals surface area contributed by atoms with E-state index in [9.17, 15) is 0 Å². The van der Waals surface area contributed by atoms with Crippen LogP contribution in [0.5, 0.6) is 0 Å². The molecule has 0 saturated heterocycles. The molecule has 0 N–H and O–H groups in total. The second kappa shape index (κ2) is 12.6. The summed E-state index contributed by atoms with van der Waals surface area (Å²) >= 11 is 0. The summed E-state index contributed by atoms with van der Waals surface area (Å²) in [6.45, 7) is 17.3. The van der Waals surface area contributed by atoms with Gasteiger partial charge in [0.25, 0.3) is 0 Å². The minimum absolute atomic E-state index is 0. The van der Waals surface area contributed by atoms with Gasteiger partial charge in [-0.2, -0.15) is 22.8 Å². The molecule has 0 atom stereocenters. The number of hydrogen-bond donors (Lipinski definition) is 0. The molecule has 0 aliphatic rings. The van der Waals surface area contributed by atoms with Crippen LogP contribution < -0.4 is 24.8 Å². The van der Waals surface area contributed by atoms with Crippen molar-refractivity contribution in [3.8, 4) is 0 Å². The zero-order valence-electron chi connectivity index (χ0n) is 13.4. The van der Waals surface area contributed by atoms with E-state index in [1.807, 2.05) is 0 Å². The first-order valence-corrected chi connectivity index (χ1v) is 8.87. The standard InChI is InChI=1S/C8H11.C6H16NSi.2ClH.Ti/c1-6-4-7(2)8(3)5-6;1-6(2,3)7-8(4)5;;;/h4-5H,1-3H3;8H,1-5H3;2*1H;/q2*-1;;;+4/p-2. The molecule has 1 rings (SSSR count). The van der Waals surface area contributed by atoms with Crippen LogP contribution in [-0.4, -0.2) is 14.5 Å². The van der Waals surface area contributed by atoms with Crippen molar-refractivity contribution in [2.75, 3.05) is 0 Å². The van der Waals surface area contributed by atoms with Crippen molar-refractivity contribution < 1.29 is 46.5 Å². The summed E-state index contributed by atoms with van der Waals surface area (Å²) in [5.41, 5.74) is 4.39.